The Hall–Kier alpha value is -2.44. The van der Waals surface area contributed by atoms with Crippen LogP contribution in [0.3, 0.4) is 0 Å². The van der Waals surface area contributed by atoms with Crippen LogP contribution >= 0.6 is 23.2 Å². The first kappa shape index (κ1) is 24.2. The summed E-state index contributed by atoms with van der Waals surface area (Å²) < 4.78 is 10.5. The standard InChI is InChI=1S/C20H19Cl2NO9/c21-10-6-5-8(7-31-20-16(26)14(24)15(25)17(32-20)19(29)30)12(22)13(10)23-11-4-2-1-3-9(11)18(27)28/h1-6,14-17,20,23-26H,7H2,(H,27,28)(H,29,30)/t14-,15-,16+,17-,20+/m0/s1. The number of halogens is 2. The molecule has 0 unspecified atom stereocenters. The summed E-state index contributed by atoms with van der Waals surface area (Å²) in [5.41, 5.74) is 0.781. The van der Waals surface area contributed by atoms with Gasteiger partial charge in [0.2, 0.25) is 0 Å². The molecule has 0 aromatic heterocycles. The van der Waals surface area contributed by atoms with Crippen molar-refractivity contribution in [2.45, 2.75) is 37.3 Å². The zero-order valence-corrected chi connectivity index (χ0v) is 17.7. The third-order valence-corrected chi connectivity index (χ3v) is 5.55. The predicted molar refractivity (Wildman–Crippen MR) is 112 cm³/mol. The van der Waals surface area contributed by atoms with Gasteiger partial charge < -0.3 is 40.3 Å². The van der Waals surface area contributed by atoms with Crippen LogP contribution in [-0.4, -0.2) is 68.2 Å². The van der Waals surface area contributed by atoms with E-state index in [1.165, 1.54) is 24.3 Å². The topological polar surface area (TPSA) is 166 Å². The fraction of sp³-hybridized carbons (Fsp3) is 0.300. The van der Waals surface area contributed by atoms with E-state index >= 15 is 0 Å². The average molecular weight is 488 g/mol. The fourth-order valence-electron chi connectivity index (χ4n) is 3.10. The van der Waals surface area contributed by atoms with Crippen LogP contribution in [0.15, 0.2) is 36.4 Å². The van der Waals surface area contributed by atoms with E-state index in [2.05, 4.69) is 5.32 Å². The number of aliphatic carboxylic acids is 1. The number of ether oxygens (including phenoxy) is 2. The summed E-state index contributed by atoms with van der Waals surface area (Å²) in [4.78, 5) is 22.6. The number of carboxylic acids is 2. The number of anilines is 2. The number of aromatic carboxylic acids is 1. The van der Waals surface area contributed by atoms with E-state index in [0.717, 1.165) is 0 Å². The minimum atomic E-state index is -1.84. The summed E-state index contributed by atoms with van der Waals surface area (Å²) in [6.07, 6.45) is -8.73. The number of carbonyl (C=O) groups is 2. The zero-order chi connectivity index (χ0) is 23.6. The molecule has 172 valence electrons. The Morgan fingerprint density at radius 2 is 1.69 bits per heavy atom. The molecule has 0 spiro atoms. The van der Waals surface area contributed by atoms with Crippen molar-refractivity contribution in [2.75, 3.05) is 5.32 Å². The first-order valence-corrected chi connectivity index (χ1v) is 9.97. The third-order valence-electron chi connectivity index (χ3n) is 4.80. The molecule has 2 aromatic rings. The fourth-order valence-corrected chi connectivity index (χ4v) is 3.62. The van der Waals surface area contributed by atoms with Gasteiger partial charge in [-0.2, -0.15) is 0 Å². The molecule has 5 atom stereocenters. The van der Waals surface area contributed by atoms with Gasteiger partial charge in [-0.3, -0.25) is 0 Å². The van der Waals surface area contributed by atoms with Crippen molar-refractivity contribution in [1.29, 1.82) is 0 Å². The molecule has 6 N–H and O–H groups in total. The molecule has 10 nitrogen and oxygen atoms in total. The van der Waals surface area contributed by atoms with Gasteiger partial charge in [-0.25, -0.2) is 9.59 Å². The zero-order valence-electron chi connectivity index (χ0n) is 16.2. The predicted octanol–water partition coefficient (Wildman–Crippen LogP) is 1.84. The van der Waals surface area contributed by atoms with Crippen LogP contribution < -0.4 is 5.32 Å². The molecular weight excluding hydrogens is 469 g/mol. The lowest BCUT2D eigenvalue weighted by Gasteiger charge is -2.38. The van der Waals surface area contributed by atoms with Gasteiger partial charge in [0.1, 0.15) is 18.3 Å². The van der Waals surface area contributed by atoms with Gasteiger partial charge in [-0.15, -0.1) is 0 Å². The minimum Gasteiger partial charge on any atom is -0.479 e. The van der Waals surface area contributed by atoms with E-state index in [0.29, 0.717) is 5.56 Å². The third kappa shape index (κ3) is 4.97. The van der Waals surface area contributed by atoms with Gasteiger partial charge in [0, 0.05) is 0 Å². The molecule has 1 heterocycles. The normalized spacial score (nSPS) is 25.3. The van der Waals surface area contributed by atoms with Gasteiger partial charge in [0.05, 0.1) is 33.6 Å². The van der Waals surface area contributed by atoms with E-state index in [-0.39, 0.29) is 33.6 Å². The maximum atomic E-state index is 11.4. The Bertz CT molecular complexity index is 1020. The van der Waals surface area contributed by atoms with E-state index in [9.17, 15) is 30.0 Å². The molecule has 0 aliphatic carbocycles. The first-order chi connectivity index (χ1) is 15.1. The average Bonchev–Trinajstić information content (AvgIpc) is 2.75. The highest BCUT2D eigenvalue weighted by Crippen LogP contribution is 2.37. The Kier molecular flexibility index (Phi) is 7.57. The summed E-state index contributed by atoms with van der Waals surface area (Å²) >= 11 is 12.6. The molecule has 12 heteroatoms. The molecule has 0 bridgehead atoms. The molecule has 32 heavy (non-hydrogen) atoms. The number of para-hydroxylation sites is 1. The lowest BCUT2D eigenvalue weighted by Crippen LogP contribution is -2.60. The molecule has 0 saturated carbocycles. The molecule has 1 aliphatic rings. The van der Waals surface area contributed by atoms with Crippen molar-refractivity contribution < 1.29 is 44.6 Å². The number of aliphatic hydroxyl groups is 3. The second kappa shape index (κ2) is 10.0. The van der Waals surface area contributed by atoms with Gasteiger partial charge >= 0.3 is 11.9 Å². The maximum Gasteiger partial charge on any atom is 0.337 e. The number of benzene rings is 2. The van der Waals surface area contributed by atoms with Crippen LogP contribution in [0.5, 0.6) is 0 Å². The monoisotopic (exact) mass is 487 g/mol. The SMILES string of the molecule is O=C(O)c1ccccc1Nc1c(Cl)ccc(CO[C@@H]2O[C@H](C(=O)O)[C@@H](O)[C@H](O)[C@H]2O)c1Cl. The maximum absolute atomic E-state index is 11.4. The van der Waals surface area contributed by atoms with Crippen molar-refractivity contribution in [2.24, 2.45) is 0 Å². The van der Waals surface area contributed by atoms with E-state index in [1.807, 2.05) is 0 Å². The second-order valence-corrected chi connectivity index (χ2v) is 7.70. The first-order valence-electron chi connectivity index (χ1n) is 9.22. The number of rotatable bonds is 7. The lowest BCUT2D eigenvalue weighted by molar-refractivity contribution is -0.297. The minimum absolute atomic E-state index is 0.00716. The molecule has 0 radical (unpaired) electrons. The molecular formula is C20H19Cl2NO9. The highest BCUT2D eigenvalue weighted by atomic mass is 35.5. The highest BCUT2D eigenvalue weighted by molar-refractivity contribution is 6.39. The highest BCUT2D eigenvalue weighted by Gasteiger charge is 2.47. The van der Waals surface area contributed by atoms with Gasteiger partial charge in [0.25, 0.3) is 0 Å². The molecule has 0 amide bonds. The lowest BCUT2D eigenvalue weighted by atomic mass is 9.99. The number of carboxylic acid groups (broad SMARTS) is 2. The van der Waals surface area contributed by atoms with Gasteiger partial charge in [-0.05, 0) is 23.8 Å². The summed E-state index contributed by atoms with van der Waals surface area (Å²) in [7, 11) is 0. The van der Waals surface area contributed by atoms with Gasteiger partial charge in [-0.1, -0.05) is 41.4 Å². The number of nitrogens with one attached hydrogen (secondary N) is 1. The van der Waals surface area contributed by atoms with Crippen molar-refractivity contribution in [3.05, 3.63) is 57.6 Å². The summed E-state index contributed by atoms with van der Waals surface area (Å²) in [6, 6.07) is 9.12. The van der Waals surface area contributed by atoms with Gasteiger partial charge in [0.15, 0.2) is 12.4 Å². The van der Waals surface area contributed by atoms with E-state index in [4.69, 9.17) is 37.8 Å². The Labute approximate surface area is 191 Å². The van der Waals surface area contributed by atoms with Crippen LogP contribution in [0, 0.1) is 0 Å². The van der Waals surface area contributed by atoms with Crippen LogP contribution in [0.4, 0.5) is 11.4 Å². The van der Waals surface area contributed by atoms with Crippen molar-refractivity contribution in [3.8, 4) is 0 Å². The van der Waals surface area contributed by atoms with Crippen molar-refractivity contribution in [1.82, 2.24) is 0 Å². The summed E-state index contributed by atoms with van der Waals surface area (Å²) in [5.74, 6) is -2.69. The summed E-state index contributed by atoms with van der Waals surface area (Å²) in [6.45, 7) is -0.290. The van der Waals surface area contributed by atoms with Crippen molar-refractivity contribution in [3.63, 3.8) is 0 Å². The Morgan fingerprint density at radius 3 is 2.34 bits per heavy atom. The van der Waals surface area contributed by atoms with E-state index in [1.54, 1.807) is 12.1 Å². The Morgan fingerprint density at radius 1 is 1.00 bits per heavy atom. The van der Waals surface area contributed by atoms with Crippen LogP contribution in [0.1, 0.15) is 15.9 Å². The van der Waals surface area contributed by atoms with Crippen LogP contribution in [0.25, 0.3) is 0 Å². The Balaban J connectivity index is 1.80. The van der Waals surface area contributed by atoms with E-state index < -0.39 is 42.6 Å². The summed E-state index contributed by atoms with van der Waals surface area (Å²) in [5, 5.41) is 51.3. The molecule has 2 aromatic carbocycles. The quantitative estimate of drug-likeness (QED) is 0.339. The molecule has 1 aliphatic heterocycles. The van der Waals surface area contributed by atoms with Crippen molar-refractivity contribution >= 4 is 46.5 Å². The number of hydrogen-bond donors (Lipinski definition) is 6. The number of aliphatic hydroxyl groups excluding tert-OH is 3. The largest absolute Gasteiger partial charge is 0.479 e. The smallest absolute Gasteiger partial charge is 0.337 e. The van der Waals surface area contributed by atoms with Crippen LogP contribution in [-0.2, 0) is 20.9 Å². The molecule has 1 saturated heterocycles. The number of hydrogen-bond acceptors (Lipinski definition) is 8. The second-order valence-electron chi connectivity index (χ2n) is 6.92. The molecule has 1 fully saturated rings. The van der Waals surface area contributed by atoms with Crippen LogP contribution in [0.2, 0.25) is 10.0 Å². The molecule has 3 rings (SSSR count).